The monoisotopic (exact) mass is 493 g/mol. The second-order valence-electron chi connectivity index (χ2n) is 14.8. The fraction of sp³-hybridized carbons (Fsp3) is 0.844. The first-order valence-corrected chi connectivity index (χ1v) is 14.5. The molecule has 5 rings (SSSR count). The van der Waals surface area contributed by atoms with Crippen LogP contribution in [0.3, 0.4) is 0 Å². The Morgan fingerprint density at radius 3 is 2.33 bits per heavy atom. The number of ketones is 1. The molecule has 4 fully saturated rings. The molecule has 3 unspecified atom stereocenters. The Hall–Kier alpha value is -1.63. The third kappa shape index (κ3) is 3.10. The second-order valence-corrected chi connectivity index (χ2v) is 14.8. The van der Waals surface area contributed by atoms with E-state index in [9.17, 15) is 14.9 Å². The molecular weight excluding hydrogens is 446 g/mol. The zero-order chi connectivity index (χ0) is 26.5. The fourth-order valence-corrected chi connectivity index (χ4v) is 10.9. The van der Waals surface area contributed by atoms with Gasteiger partial charge in [0.25, 0.3) is 0 Å². The molecule has 0 aliphatic heterocycles. The van der Waals surface area contributed by atoms with E-state index >= 15 is 0 Å². The molecule has 4 nitrogen and oxygen atoms in total. The first-order valence-electron chi connectivity index (χ1n) is 14.5. The minimum absolute atomic E-state index is 0.00479. The standard InChI is InChI=1S/C32H47NO3/c1-19-9-12-28(4)15-16-31(7)22(26(28)20(19)2)17-23(35)27-29(5)13-11-25(36-21(3)34)30(6,18-33)24(29)10-14-32(27,31)8/h17,19-20,24-27H,9-16H2,1-8H3/t19-,20+,24?,25?,26+,27-,28-,29+,30?,31-,32-/m1/s1. The topological polar surface area (TPSA) is 67.2 Å². The number of esters is 1. The summed E-state index contributed by atoms with van der Waals surface area (Å²) in [6.07, 6.45) is 10.0. The first kappa shape index (κ1) is 26.0. The Morgan fingerprint density at radius 1 is 1.00 bits per heavy atom. The Bertz CT molecular complexity index is 1060. The van der Waals surface area contributed by atoms with Crippen LogP contribution >= 0.6 is 0 Å². The molecule has 0 aromatic carbocycles. The third-order valence-corrected chi connectivity index (χ3v) is 13.3. The van der Waals surface area contributed by atoms with Crippen LogP contribution in [0.15, 0.2) is 11.6 Å². The number of nitrogens with zero attached hydrogens (tertiary/aromatic N) is 1. The number of nitriles is 1. The number of rotatable bonds is 1. The summed E-state index contributed by atoms with van der Waals surface area (Å²) in [4.78, 5) is 26.3. The van der Waals surface area contributed by atoms with Crippen LogP contribution in [0.25, 0.3) is 0 Å². The number of allylic oxidation sites excluding steroid dienone is 2. The molecule has 0 aromatic rings. The molecule has 0 spiro atoms. The maximum absolute atomic E-state index is 14.4. The van der Waals surface area contributed by atoms with Crippen LogP contribution in [-0.2, 0) is 14.3 Å². The molecular formula is C32H47NO3. The van der Waals surface area contributed by atoms with Gasteiger partial charge in [0.1, 0.15) is 6.10 Å². The van der Waals surface area contributed by atoms with Crippen LogP contribution in [0.5, 0.6) is 0 Å². The van der Waals surface area contributed by atoms with Gasteiger partial charge in [-0.3, -0.25) is 9.59 Å². The highest BCUT2D eigenvalue weighted by atomic mass is 16.5. The van der Waals surface area contributed by atoms with Crippen LogP contribution in [0.2, 0.25) is 0 Å². The average molecular weight is 494 g/mol. The largest absolute Gasteiger partial charge is 0.461 e. The van der Waals surface area contributed by atoms with E-state index in [0.717, 1.165) is 25.7 Å². The highest BCUT2D eigenvalue weighted by Gasteiger charge is 2.71. The molecule has 198 valence electrons. The SMILES string of the molecule is CC(=O)OC1CC[C@@]2(C)C(CC[C@]3(C)[C@@H]2C(=O)C=C2[C@@H]4[C@@H](C)[C@H](C)CC[C@]4(C)CC[C@]23C)C1(C)C#N. The zero-order valence-corrected chi connectivity index (χ0v) is 23.9. The van der Waals surface area contributed by atoms with Crippen LogP contribution in [0.4, 0.5) is 0 Å². The van der Waals surface area contributed by atoms with Gasteiger partial charge in [-0.15, -0.1) is 0 Å². The number of carbonyl (C=O) groups excluding carboxylic acids is 2. The summed E-state index contributed by atoms with van der Waals surface area (Å²) in [6, 6.07) is 2.60. The van der Waals surface area contributed by atoms with Gasteiger partial charge in [-0.1, -0.05) is 47.1 Å². The Labute approximate surface area is 218 Å². The van der Waals surface area contributed by atoms with Gasteiger partial charge in [0.15, 0.2) is 5.78 Å². The maximum Gasteiger partial charge on any atom is 0.302 e. The molecule has 4 saturated carbocycles. The van der Waals surface area contributed by atoms with Crippen LogP contribution < -0.4 is 0 Å². The van der Waals surface area contributed by atoms with Gasteiger partial charge in [-0.05, 0) is 110 Å². The molecule has 0 saturated heterocycles. The minimum atomic E-state index is -0.774. The van der Waals surface area contributed by atoms with Crippen molar-refractivity contribution in [1.29, 1.82) is 5.26 Å². The van der Waals surface area contributed by atoms with E-state index in [1.54, 1.807) is 0 Å². The van der Waals surface area contributed by atoms with Gasteiger partial charge >= 0.3 is 5.97 Å². The van der Waals surface area contributed by atoms with Crippen molar-refractivity contribution in [1.82, 2.24) is 0 Å². The predicted molar refractivity (Wildman–Crippen MR) is 141 cm³/mol. The van der Waals surface area contributed by atoms with Crippen molar-refractivity contribution < 1.29 is 14.3 Å². The van der Waals surface area contributed by atoms with Crippen molar-refractivity contribution in [3.8, 4) is 6.07 Å². The Kier molecular flexibility index (Phi) is 5.73. The molecule has 0 aromatic heterocycles. The van der Waals surface area contributed by atoms with Crippen molar-refractivity contribution in [3.63, 3.8) is 0 Å². The van der Waals surface area contributed by atoms with E-state index in [1.807, 2.05) is 6.92 Å². The molecule has 0 heterocycles. The van der Waals surface area contributed by atoms with E-state index < -0.39 is 11.5 Å². The highest BCUT2D eigenvalue weighted by Crippen LogP contribution is 2.75. The minimum Gasteiger partial charge on any atom is -0.461 e. The van der Waals surface area contributed by atoms with E-state index in [1.165, 1.54) is 31.8 Å². The predicted octanol–water partition coefficient (Wildman–Crippen LogP) is 7.28. The highest BCUT2D eigenvalue weighted by molar-refractivity contribution is 5.95. The number of carbonyl (C=O) groups is 2. The third-order valence-electron chi connectivity index (χ3n) is 13.3. The lowest BCUT2D eigenvalue weighted by Crippen LogP contribution is -2.67. The maximum atomic E-state index is 14.4. The molecule has 0 radical (unpaired) electrons. The van der Waals surface area contributed by atoms with Crippen molar-refractivity contribution in [2.24, 2.45) is 56.7 Å². The van der Waals surface area contributed by atoms with Gasteiger partial charge < -0.3 is 4.74 Å². The lowest BCUT2D eigenvalue weighted by atomic mass is 9.33. The van der Waals surface area contributed by atoms with Gasteiger partial charge in [-0.25, -0.2) is 0 Å². The molecule has 0 bridgehead atoms. The molecule has 11 atom stereocenters. The van der Waals surface area contributed by atoms with Crippen molar-refractivity contribution in [2.45, 2.75) is 113 Å². The van der Waals surface area contributed by atoms with E-state index in [2.05, 4.69) is 53.7 Å². The summed E-state index contributed by atoms with van der Waals surface area (Å²) in [5, 5.41) is 10.4. The molecule has 36 heavy (non-hydrogen) atoms. The fourth-order valence-electron chi connectivity index (χ4n) is 10.9. The molecule has 5 aliphatic carbocycles. The normalized spacial score (nSPS) is 54.1. The average Bonchev–Trinajstić information content (AvgIpc) is 2.80. The first-order chi connectivity index (χ1) is 16.7. The summed E-state index contributed by atoms with van der Waals surface area (Å²) in [5.41, 5.74) is 0.587. The van der Waals surface area contributed by atoms with Gasteiger partial charge in [0.2, 0.25) is 0 Å². The van der Waals surface area contributed by atoms with Crippen LogP contribution in [0.1, 0.15) is 107 Å². The van der Waals surface area contributed by atoms with Gasteiger partial charge in [-0.2, -0.15) is 5.26 Å². The summed E-state index contributed by atoms with van der Waals surface area (Å²) in [5.74, 6) is 1.69. The van der Waals surface area contributed by atoms with Crippen LogP contribution in [0, 0.1) is 68.0 Å². The smallest absolute Gasteiger partial charge is 0.302 e. The zero-order valence-electron chi connectivity index (χ0n) is 23.9. The van der Waals surface area contributed by atoms with Crippen molar-refractivity contribution >= 4 is 11.8 Å². The van der Waals surface area contributed by atoms with E-state index in [4.69, 9.17) is 4.74 Å². The number of fused-ring (bicyclic) bond motifs is 7. The van der Waals surface area contributed by atoms with Crippen molar-refractivity contribution in [2.75, 3.05) is 0 Å². The van der Waals surface area contributed by atoms with Gasteiger partial charge in [0.05, 0.1) is 11.5 Å². The number of ether oxygens (including phenoxy) is 1. The quantitative estimate of drug-likeness (QED) is 0.360. The van der Waals surface area contributed by atoms with Gasteiger partial charge in [0, 0.05) is 12.8 Å². The number of hydrogen-bond acceptors (Lipinski definition) is 4. The van der Waals surface area contributed by atoms with Crippen molar-refractivity contribution in [3.05, 3.63) is 11.6 Å². The molecule has 0 amide bonds. The van der Waals surface area contributed by atoms with E-state index in [-0.39, 0.29) is 34.1 Å². The lowest BCUT2D eigenvalue weighted by molar-refractivity contribution is -0.203. The summed E-state index contributed by atoms with van der Waals surface area (Å²) in [6.45, 7) is 18.0. The summed E-state index contributed by atoms with van der Waals surface area (Å²) < 4.78 is 5.72. The summed E-state index contributed by atoms with van der Waals surface area (Å²) in [7, 11) is 0. The van der Waals surface area contributed by atoms with Crippen LogP contribution in [-0.4, -0.2) is 17.9 Å². The molecule has 5 aliphatic rings. The molecule has 4 heteroatoms. The Morgan fingerprint density at radius 2 is 1.69 bits per heavy atom. The number of hydrogen-bond donors (Lipinski definition) is 0. The second kappa shape index (κ2) is 7.94. The Balaban J connectivity index is 1.61. The molecule has 0 N–H and O–H groups in total. The summed E-state index contributed by atoms with van der Waals surface area (Å²) >= 11 is 0. The van der Waals surface area contributed by atoms with E-state index in [0.29, 0.717) is 35.4 Å². The lowest BCUT2D eigenvalue weighted by Gasteiger charge is -2.70.